The van der Waals surface area contributed by atoms with E-state index < -0.39 is 17.8 Å². The minimum Gasteiger partial charge on any atom is -0.481 e. The lowest BCUT2D eigenvalue weighted by Gasteiger charge is -2.14. The number of nitrogens with zero attached hydrogens (tertiary/aromatic N) is 1. The van der Waals surface area contributed by atoms with Crippen molar-refractivity contribution in [3.8, 4) is 0 Å². The van der Waals surface area contributed by atoms with Gasteiger partial charge >= 0.3 is 12.1 Å². The first-order chi connectivity index (χ1) is 8.82. The van der Waals surface area contributed by atoms with Crippen LogP contribution in [0.1, 0.15) is 25.5 Å². The van der Waals surface area contributed by atoms with E-state index in [-0.39, 0.29) is 24.7 Å². The standard InChI is InChI=1S/C12H15F3N2O2/c1-2-8(6-11(18)19)7-16-10-5-3-4-9(17-10)12(13,14)15/h3-5,8H,2,6-7H2,1H3,(H,16,17)(H,18,19). The summed E-state index contributed by atoms with van der Waals surface area (Å²) in [5, 5.41) is 11.4. The Hall–Kier alpha value is -1.79. The SMILES string of the molecule is CCC(CNc1cccc(C(F)(F)F)n1)CC(=O)O. The van der Waals surface area contributed by atoms with Crippen LogP contribution in [0.3, 0.4) is 0 Å². The van der Waals surface area contributed by atoms with Gasteiger partial charge in [0.25, 0.3) is 0 Å². The largest absolute Gasteiger partial charge is 0.481 e. The van der Waals surface area contributed by atoms with Crippen molar-refractivity contribution >= 4 is 11.8 Å². The third-order valence-corrected chi connectivity index (χ3v) is 2.65. The molecule has 0 aromatic carbocycles. The van der Waals surface area contributed by atoms with Crippen LogP contribution in [0.25, 0.3) is 0 Å². The molecule has 0 amide bonds. The summed E-state index contributed by atoms with van der Waals surface area (Å²) in [5.74, 6) is -0.974. The number of hydrogen-bond donors (Lipinski definition) is 2. The molecular formula is C12H15F3N2O2. The second-order valence-corrected chi connectivity index (χ2v) is 4.16. The molecule has 0 aliphatic carbocycles. The molecular weight excluding hydrogens is 261 g/mol. The highest BCUT2D eigenvalue weighted by molar-refractivity contribution is 5.67. The van der Waals surface area contributed by atoms with Gasteiger partial charge in [-0.2, -0.15) is 13.2 Å². The van der Waals surface area contributed by atoms with Crippen LogP contribution >= 0.6 is 0 Å². The zero-order valence-corrected chi connectivity index (χ0v) is 10.4. The van der Waals surface area contributed by atoms with Crippen molar-refractivity contribution in [1.29, 1.82) is 0 Å². The minimum atomic E-state index is -4.48. The zero-order valence-electron chi connectivity index (χ0n) is 10.4. The van der Waals surface area contributed by atoms with Crippen LogP contribution in [0.5, 0.6) is 0 Å². The van der Waals surface area contributed by atoms with Crippen LogP contribution in [-0.2, 0) is 11.0 Å². The number of carboxylic acid groups (broad SMARTS) is 1. The molecule has 0 saturated carbocycles. The number of hydrogen-bond acceptors (Lipinski definition) is 3. The normalized spacial score (nSPS) is 13.1. The number of anilines is 1. The highest BCUT2D eigenvalue weighted by atomic mass is 19.4. The van der Waals surface area contributed by atoms with E-state index in [0.717, 1.165) is 6.07 Å². The van der Waals surface area contributed by atoms with E-state index in [1.165, 1.54) is 12.1 Å². The summed E-state index contributed by atoms with van der Waals surface area (Å²) in [6.45, 7) is 2.10. The number of pyridine rings is 1. The second kappa shape index (κ2) is 6.40. The molecule has 1 unspecified atom stereocenters. The van der Waals surface area contributed by atoms with Gasteiger partial charge in [0.2, 0.25) is 0 Å². The van der Waals surface area contributed by atoms with Crippen LogP contribution < -0.4 is 5.32 Å². The number of aromatic nitrogens is 1. The Morgan fingerprint density at radius 1 is 1.47 bits per heavy atom. The fourth-order valence-corrected chi connectivity index (χ4v) is 1.55. The summed E-state index contributed by atoms with van der Waals surface area (Å²) in [6.07, 6.45) is -3.89. The van der Waals surface area contributed by atoms with Gasteiger partial charge in [-0.1, -0.05) is 19.4 Å². The molecule has 2 N–H and O–H groups in total. The van der Waals surface area contributed by atoms with Gasteiger partial charge in [0.05, 0.1) is 0 Å². The topological polar surface area (TPSA) is 62.2 Å². The maximum atomic E-state index is 12.4. The molecule has 106 valence electrons. The average Bonchev–Trinajstić information content (AvgIpc) is 2.33. The van der Waals surface area contributed by atoms with Crippen molar-refractivity contribution in [3.63, 3.8) is 0 Å². The molecule has 1 rings (SSSR count). The van der Waals surface area contributed by atoms with Crippen molar-refractivity contribution < 1.29 is 23.1 Å². The highest BCUT2D eigenvalue weighted by Crippen LogP contribution is 2.28. The van der Waals surface area contributed by atoms with Gasteiger partial charge in [0, 0.05) is 13.0 Å². The highest BCUT2D eigenvalue weighted by Gasteiger charge is 2.32. The summed E-state index contributed by atoms with van der Waals surface area (Å²) in [6, 6.07) is 3.57. The summed E-state index contributed by atoms with van der Waals surface area (Å²) < 4.78 is 37.3. The van der Waals surface area contributed by atoms with Crippen LogP contribution in [0.2, 0.25) is 0 Å². The van der Waals surface area contributed by atoms with E-state index >= 15 is 0 Å². The van der Waals surface area contributed by atoms with E-state index in [1.807, 2.05) is 6.92 Å². The monoisotopic (exact) mass is 276 g/mol. The van der Waals surface area contributed by atoms with Gasteiger partial charge in [-0.25, -0.2) is 4.98 Å². The van der Waals surface area contributed by atoms with Crippen LogP contribution in [-0.4, -0.2) is 22.6 Å². The van der Waals surface area contributed by atoms with Gasteiger partial charge in [0.1, 0.15) is 11.5 Å². The van der Waals surface area contributed by atoms with Gasteiger partial charge in [-0.15, -0.1) is 0 Å². The Morgan fingerprint density at radius 2 is 2.16 bits per heavy atom. The summed E-state index contributed by atoms with van der Waals surface area (Å²) >= 11 is 0. The van der Waals surface area contributed by atoms with Crippen LogP contribution in [0.15, 0.2) is 18.2 Å². The molecule has 0 aliphatic rings. The molecule has 19 heavy (non-hydrogen) atoms. The lowest BCUT2D eigenvalue weighted by atomic mass is 10.0. The molecule has 0 radical (unpaired) electrons. The molecule has 1 atom stereocenters. The molecule has 0 spiro atoms. The lowest BCUT2D eigenvalue weighted by molar-refractivity contribution is -0.141. The van der Waals surface area contributed by atoms with Gasteiger partial charge in [0.15, 0.2) is 0 Å². The van der Waals surface area contributed by atoms with Crippen LogP contribution in [0.4, 0.5) is 19.0 Å². The average molecular weight is 276 g/mol. The maximum absolute atomic E-state index is 12.4. The molecule has 1 aromatic rings. The van der Waals surface area contributed by atoms with Crippen LogP contribution in [0, 0.1) is 5.92 Å². The Balaban J connectivity index is 2.65. The van der Waals surface area contributed by atoms with Gasteiger partial charge < -0.3 is 10.4 Å². The lowest BCUT2D eigenvalue weighted by Crippen LogP contribution is -2.18. The first-order valence-corrected chi connectivity index (χ1v) is 5.82. The third kappa shape index (κ3) is 5.15. The van der Waals surface area contributed by atoms with Gasteiger partial charge in [-0.05, 0) is 18.1 Å². The summed E-state index contributed by atoms with van der Waals surface area (Å²) in [5.41, 5.74) is -0.969. The van der Waals surface area contributed by atoms with Crippen molar-refractivity contribution in [3.05, 3.63) is 23.9 Å². The quantitative estimate of drug-likeness (QED) is 0.838. The minimum absolute atomic E-state index is 0.0253. The number of halogens is 3. The molecule has 0 aliphatic heterocycles. The number of rotatable bonds is 6. The molecule has 0 bridgehead atoms. The number of carbonyl (C=O) groups is 1. The van der Waals surface area contributed by atoms with Crippen molar-refractivity contribution in [2.45, 2.75) is 25.9 Å². The van der Waals surface area contributed by atoms with E-state index in [0.29, 0.717) is 6.42 Å². The van der Waals surface area contributed by atoms with E-state index in [9.17, 15) is 18.0 Å². The first-order valence-electron chi connectivity index (χ1n) is 5.82. The Kier molecular flexibility index (Phi) is 5.14. The zero-order chi connectivity index (χ0) is 14.5. The molecule has 0 fully saturated rings. The van der Waals surface area contributed by atoms with Crippen molar-refractivity contribution in [2.75, 3.05) is 11.9 Å². The van der Waals surface area contributed by atoms with Crippen molar-refractivity contribution in [2.24, 2.45) is 5.92 Å². The first kappa shape index (κ1) is 15.3. The molecule has 4 nitrogen and oxygen atoms in total. The van der Waals surface area contributed by atoms with E-state index in [4.69, 9.17) is 5.11 Å². The summed E-state index contributed by atoms with van der Waals surface area (Å²) in [4.78, 5) is 14.0. The number of alkyl halides is 3. The summed E-state index contributed by atoms with van der Waals surface area (Å²) in [7, 11) is 0. The Labute approximate surface area is 108 Å². The number of carboxylic acids is 1. The number of aliphatic carboxylic acids is 1. The molecule has 1 heterocycles. The molecule has 1 aromatic heterocycles. The maximum Gasteiger partial charge on any atom is 0.433 e. The fraction of sp³-hybridized carbons (Fsp3) is 0.500. The molecule has 7 heteroatoms. The second-order valence-electron chi connectivity index (χ2n) is 4.16. The van der Waals surface area contributed by atoms with Gasteiger partial charge in [-0.3, -0.25) is 4.79 Å². The third-order valence-electron chi connectivity index (χ3n) is 2.65. The molecule has 0 saturated heterocycles. The smallest absolute Gasteiger partial charge is 0.433 e. The van der Waals surface area contributed by atoms with E-state index in [2.05, 4.69) is 10.3 Å². The Morgan fingerprint density at radius 3 is 2.68 bits per heavy atom. The predicted octanol–water partition coefficient (Wildman–Crippen LogP) is 3.01. The number of nitrogens with one attached hydrogen (secondary N) is 1. The fourth-order valence-electron chi connectivity index (χ4n) is 1.55. The Bertz CT molecular complexity index is 435. The predicted molar refractivity (Wildman–Crippen MR) is 63.8 cm³/mol. The van der Waals surface area contributed by atoms with E-state index in [1.54, 1.807) is 0 Å². The van der Waals surface area contributed by atoms with Crippen molar-refractivity contribution in [1.82, 2.24) is 4.98 Å².